The van der Waals surface area contributed by atoms with Crippen molar-refractivity contribution in [2.45, 2.75) is 19.9 Å². The molecule has 0 spiro atoms. The molecule has 2 aromatic carbocycles. The van der Waals surface area contributed by atoms with E-state index in [1.165, 1.54) is 0 Å². The Kier molecular flexibility index (Phi) is 4.62. The number of aliphatic imine (C=N–C) groups is 1. The van der Waals surface area contributed by atoms with Crippen LogP contribution in [0, 0.1) is 36.6 Å². The summed E-state index contributed by atoms with van der Waals surface area (Å²) >= 11 is 3.57. The van der Waals surface area contributed by atoms with Crippen LogP contribution in [0.15, 0.2) is 33.7 Å². The van der Waals surface area contributed by atoms with Gasteiger partial charge in [0.25, 0.3) is 0 Å². The molecular weight excluding hydrogens is 482 g/mol. The Morgan fingerprint density at radius 1 is 1.18 bits per heavy atom. The van der Waals surface area contributed by atoms with Crippen LogP contribution in [0.3, 0.4) is 0 Å². The number of halogens is 1. The minimum Gasteiger partial charge on any atom is -0.397 e. The molecule has 0 fully saturated rings. The molecule has 10 heteroatoms. The maximum atomic E-state index is 9.58. The van der Waals surface area contributed by atoms with Gasteiger partial charge in [0, 0.05) is 31.8 Å². The number of guanidine groups is 1. The molecule has 2 aromatic heterocycles. The number of nitrogens with one attached hydrogen (secondary N) is 3. The number of rotatable bonds is 1. The first-order valence-corrected chi connectivity index (χ1v) is 10.8. The van der Waals surface area contributed by atoms with Crippen LogP contribution in [-0.2, 0) is 0 Å². The lowest BCUT2D eigenvalue weighted by atomic mass is 9.89. The van der Waals surface area contributed by atoms with Crippen molar-refractivity contribution in [3.05, 3.63) is 56.6 Å². The molecule has 0 saturated heterocycles. The van der Waals surface area contributed by atoms with Crippen molar-refractivity contribution in [2.24, 2.45) is 4.99 Å². The maximum Gasteiger partial charge on any atom is 0.211 e. The molecule has 0 aliphatic carbocycles. The summed E-state index contributed by atoms with van der Waals surface area (Å²) in [6.45, 7) is 4.06. The van der Waals surface area contributed by atoms with Crippen LogP contribution < -0.4 is 22.1 Å². The van der Waals surface area contributed by atoms with E-state index >= 15 is 0 Å². The van der Waals surface area contributed by atoms with Gasteiger partial charge in [-0.2, -0.15) is 10.5 Å². The molecule has 1 atom stereocenters. The normalized spacial score (nSPS) is 14.8. The van der Waals surface area contributed by atoms with E-state index in [9.17, 15) is 5.26 Å². The molecule has 0 amide bonds. The van der Waals surface area contributed by atoms with Crippen LogP contribution in [0.5, 0.6) is 0 Å². The van der Waals surface area contributed by atoms with E-state index in [0.29, 0.717) is 11.4 Å². The van der Waals surface area contributed by atoms with Crippen molar-refractivity contribution in [1.82, 2.24) is 15.3 Å². The summed E-state index contributed by atoms with van der Waals surface area (Å²) in [4.78, 5) is 12.6. The Balaban J connectivity index is 1.85. The van der Waals surface area contributed by atoms with Crippen molar-refractivity contribution in [3.63, 3.8) is 0 Å². The standard InChI is InChI=1S/C23H18BrN9/c1-9-5-12(10(2)16-13-6-11(24)3-4-15(13)30-19(9)16)20-17-18(27)14(7-25)21(28)32-22(17)33-23(31-20)29-8-26/h3-6,20,30H,1-2H3,(H6,27,28,29,31,32,33). The summed E-state index contributed by atoms with van der Waals surface area (Å²) < 4.78 is 0.978. The Morgan fingerprint density at radius 2 is 1.97 bits per heavy atom. The van der Waals surface area contributed by atoms with Gasteiger partial charge in [0.05, 0.1) is 5.69 Å². The number of nitrogen functional groups attached to an aromatic ring is 2. The Bertz CT molecular complexity index is 1600. The number of aromatic nitrogens is 2. The smallest absolute Gasteiger partial charge is 0.211 e. The van der Waals surface area contributed by atoms with Gasteiger partial charge in [0.2, 0.25) is 5.96 Å². The highest BCUT2D eigenvalue weighted by Gasteiger charge is 2.31. The molecule has 3 heterocycles. The molecule has 9 nitrogen and oxygen atoms in total. The summed E-state index contributed by atoms with van der Waals surface area (Å²) in [6.07, 6.45) is 1.88. The van der Waals surface area contributed by atoms with Gasteiger partial charge in [-0.05, 0) is 48.7 Å². The number of H-pyrrole nitrogens is 1. The van der Waals surface area contributed by atoms with Gasteiger partial charge in [-0.15, -0.1) is 0 Å². The first-order chi connectivity index (χ1) is 15.8. The van der Waals surface area contributed by atoms with E-state index in [-0.39, 0.29) is 23.0 Å². The average Bonchev–Trinajstić information content (AvgIpc) is 3.15. The summed E-state index contributed by atoms with van der Waals surface area (Å²) in [5.74, 6) is 0.605. The van der Waals surface area contributed by atoms with E-state index in [1.807, 2.05) is 38.2 Å². The van der Waals surface area contributed by atoms with E-state index in [4.69, 9.17) is 21.7 Å². The molecule has 33 heavy (non-hydrogen) atoms. The number of nitrogens with zero attached hydrogens (tertiary/aromatic N) is 4. The van der Waals surface area contributed by atoms with E-state index < -0.39 is 6.04 Å². The third-order valence-corrected chi connectivity index (χ3v) is 6.48. The molecule has 162 valence electrons. The van der Waals surface area contributed by atoms with Crippen LogP contribution in [0.1, 0.15) is 33.9 Å². The van der Waals surface area contributed by atoms with Crippen molar-refractivity contribution >= 4 is 61.0 Å². The number of benzene rings is 2. The van der Waals surface area contributed by atoms with Gasteiger partial charge < -0.3 is 21.8 Å². The minimum absolute atomic E-state index is 0.0167. The second-order valence-electron chi connectivity index (χ2n) is 7.87. The third-order valence-electron chi connectivity index (χ3n) is 5.99. The number of pyridine rings is 1. The molecule has 1 aliphatic rings. The van der Waals surface area contributed by atoms with Crippen molar-refractivity contribution < 1.29 is 0 Å². The van der Waals surface area contributed by atoms with Crippen molar-refractivity contribution in [3.8, 4) is 12.3 Å². The van der Waals surface area contributed by atoms with Crippen LogP contribution in [-0.4, -0.2) is 15.9 Å². The zero-order valence-corrected chi connectivity index (χ0v) is 19.3. The summed E-state index contributed by atoms with van der Waals surface area (Å²) in [6, 6.07) is 9.60. The summed E-state index contributed by atoms with van der Waals surface area (Å²) in [7, 11) is 0. The molecule has 7 N–H and O–H groups in total. The fourth-order valence-electron chi connectivity index (χ4n) is 4.50. The molecular formula is C23H18BrN9. The van der Waals surface area contributed by atoms with Crippen LogP contribution >= 0.6 is 15.9 Å². The lowest BCUT2D eigenvalue weighted by Crippen LogP contribution is -2.33. The molecule has 5 rings (SSSR count). The quantitative estimate of drug-likeness (QED) is 0.194. The Labute approximate surface area is 197 Å². The van der Waals surface area contributed by atoms with E-state index in [2.05, 4.69) is 48.7 Å². The lowest BCUT2D eigenvalue weighted by molar-refractivity contribution is 0.840. The average molecular weight is 500 g/mol. The number of hydrogen-bond donors (Lipinski definition) is 5. The lowest BCUT2D eigenvalue weighted by Gasteiger charge is -2.27. The monoisotopic (exact) mass is 499 g/mol. The highest BCUT2D eigenvalue weighted by atomic mass is 79.9. The number of nitriles is 2. The molecule has 4 aromatic rings. The van der Waals surface area contributed by atoms with Gasteiger partial charge in [0.15, 0.2) is 6.19 Å². The predicted octanol–water partition coefficient (Wildman–Crippen LogP) is 4.07. The van der Waals surface area contributed by atoms with Gasteiger partial charge in [0.1, 0.15) is 29.3 Å². The van der Waals surface area contributed by atoms with E-state index in [1.54, 1.807) is 0 Å². The fraction of sp³-hybridized carbons (Fsp3) is 0.130. The minimum atomic E-state index is -0.600. The maximum absolute atomic E-state index is 9.58. The fourth-order valence-corrected chi connectivity index (χ4v) is 4.86. The molecule has 1 unspecified atom stereocenters. The largest absolute Gasteiger partial charge is 0.397 e. The number of hydrogen-bond acceptors (Lipinski definition) is 8. The van der Waals surface area contributed by atoms with Crippen molar-refractivity contribution in [1.29, 1.82) is 10.5 Å². The molecule has 0 bridgehead atoms. The number of aromatic amines is 1. The molecule has 0 saturated carbocycles. The molecule has 1 aliphatic heterocycles. The summed E-state index contributed by atoms with van der Waals surface area (Å²) in [5.41, 5.74) is 18.2. The first kappa shape index (κ1) is 20.6. The van der Waals surface area contributed by atoms with Crippen molar-refractivity contribution in [2.75, 3.05) is 16.8 Å². The highest BCUT2D eigenvalue weighted by Crippen LogP contribution is 2.44. The number of anilines is 3. The third kappa shape index (κ3) is 3.04. The second kappa shape index (κ2) is 7.40. The highest BCUT2D eigenvalue weighted by molar-refractivity contribution is 9.10. The number of aryl methyl sites for hydroxylation is 2. The predicted molar refractivity (Wildman–Crippen MR) is 132 cm³/mol. The Hall–Kier alpha value is -4.28. The SMILES string of the molecule is Cc1cc(C2N=C(NC#N)Nc3nc(N)c(C#N)c(N)c32)c(C)c2c1[nH]c1ccc(Br)cc12. The van der Waals surface area contributed by atoms with Gasteiger partial charge in [-0.3, -0.25) is 5.32 Å². The second-order valence-corrected chi connectivity index (χ2v) is 8.79. The molecule has 0 radical (unpaired) electrons. The number of nitrogens with two attached hydrogens (primary N) is 2. The Morgan fingerprint density at radius 3 is 2.70 bits per heavy atom. The van der Waals surface area contributed by atoms with Gasteiger partial charge in [-0.1, -0.05) is 22.0 Å². The zero-order chi connectivity index (χ0) is 23.4. The van der Waals surface area contributed by atoms with Crippen LogP contribution in [0.25, 0.3) is 21.8 Å². The van der Waals surface area contributed by atoms with Crippen LogP contribution in [0.2, 0.25) is 0 Å². The zero-order valence-electron chi connectivity index (χ0n) is 17.7. The number of fused-ring (bicyclic) bond motifs is 4. The van der Waals surface area contributed by atoms with E-state index in [0.717, 1.165) is 43.0 Å². The topological polar surface area (TPSA) is 165 Å². The van der Waals surface area contributed by atoms with Crippen LogP contribution in [0.4, 0.5) is 17.3 Å². The van der Waals surface area contributed by atoms with Gasteiger partial charge >= 0.3 is 0 Å². The van der Waals surface area contributed by atoms with Gasteiger partial charge in [-0.25, -0.2) is 9.98 Å². The summed E-state index contributed by atoms with van der Waals surface area (Å²) in [5, 5.41) is 26.4. The first-order valence-electron chi connectivity index (χ1n) is 10.0.